The molecule has 7 bridgehead atoms. The Balaban J connectivity index is 1.40. The van der Waals surface area contributed by atoms with Crippen LogP contribution in [-0.4, -0.2) is 104 Å². The molecule has 0 aromatic heterocycles. The number of nitrogens with one attached hydrogen (secondary N) is 1. The fourth-order valence-corrected chi connectivity index (χ4v) is 11.5. The zero-order valence-electron chi connectivity index (χ0n) is 24.3. The van der Waals surface area contributed by atoms with E-state index in [9.17, 15) is 15.0 Å². The summed E-state index contributed by atoms with van der Waals surface area (Å²) >= 11 is 0. The van der Waals surface area contributed by atoms with E-state index in [-0.39, 0.29) is 47.9 Å². The fourth-order valence-electron chi connectivity index (χ4n) is 11.5. The van der Waals surface area contributed by atoms with Crippen LogP contribution < -0.4 is 5.32 Å². The molecule has 1 aliphatic heterocycles. The maximum atomic E-state index is 13.9. The first-order valence-corrected chi connectivity index (χ1v) is 15.0. The van der Waals surface area contributed by atoms with Crippen molar-refractivity contribution in [2.75, 3.05) is 46.8 Å². The number of carbonyl (C=O) groups is 1. The monoisotopic (exact) mass is 556 g/mol. The van der Waals surface area contributed by atoms with Gasteiger partial charge in [-0.05, 0) is 44.4 Å². The summed E-state index contributed by atoms with van der Waals surface area (Å²) in [6.45, 7) is 3.52. The third-order valence-corrected chi connectivity index (χ3v) is 12.6. The second-order valence-electron chi connectivity index (χ2n) is 13.3. The van der Waals surface area contributed by atoms with E-state index in [1.807, 2.05) is 31.3 Å². The number of esters is 1. The van der Waals surface area contributed by atoms with Crippen LogP contribution in [0.15, 0.2) is 24.3 Å². The number of methoxy groups -OCH3 is 3. The molecule has 1 aromatic rings. The molecular weight excluding hydrogens is 512 g/mol. The average Bonchev–Trinajstić information content (AvgIpc) is 3.39. The molecule has 6 aliphatic rings. The molecule has 40 heavy (non-hydrogen) atoms. The number of carbonyl (C=O) groups excluding carboxylic acids is 1. The minimum atomic E-state index is -1.43. The van der Waals surface area contributed by atoms with Gasteiger partial charge in [0, 0.05) is 82.2 Å². The van der Waals surface area contributed by atoms with E-state index < -0.39 is 28.3 Å². The third-order valence-electron chi connectivity index (χ3n) is 12.6. The number of likely N-dealkylation sites (tertiary alicyclic amines) is 1. The van der Waals surface area contributed by atoms with E-state index >= 15 is 0 Å². The summed E-state index contributed by atoms with van der Waals surface area (Å²) in [4.78, 5) is 16.3. The van der Waals surface area contributed by atoms with Gasteiger partial charge in [-0.1, -0.05) is 19.1 Å². The Labute approximate surface area is 236 Å². The fraction of sp³-hybridized carbons (Fsp3) is 0.774. The van der Waals surface area contributed by atoms with Crippen molar-refractivity contribution in [3.05, 3.63) is 29.8 Å². The summed E-state index contributed by atoms with van der Waals surface area (Å²) in [5, 5.41) is 28.8. The molecule has 3 N–H and O–H groups in total. The number of rotatable bonds is 7. The lowest BCUT2D eigenvalue weighted by Gasteiger charge is -2.70. The second kappa shape index (κ2) is 8.88. The lowest BCUT2D eigenvalue weighted by Crippen LogP contribution is -2.83. The predicted octanol–water partition coefficient (Wildman–Crippen LogP) is 2.30. The van der Waals surface area contributed by atoms with Gasteiger partial charge in [-0.3, -0.25) is 4.90 Å². The summed E-state index contributed by atoms with van der Waals surface area (Å²) in [5.74, 6) is -0.926. The van der Waals surface area contributed by atoms with Gasteiger partial charge in [0.05, 0.1) is 23.9 Å². The number of anilines is 1. The molecular formula is C31H44N2O7. The quantitative estimate of drug-likeness (QED) is 0.436. The number of hydrogen-bond acceptors (Lipinski definition) is 9. The molecule has 1 heterocycles. The van der Waals surface area contributed by atoms with Gasteiger partial charge < -0.3 is 34.5 Å². The normalized spacial score (nSPS) is 50.1. The number of hydrogen-bond donors (Lipinski definition) is 3. The van der Waals surface area contributed by atoms with Gasteiger partial charge in [0.1, 0.15) is 16.8 Å². The predicted molar refractivity (Wildman–Crippen MR) is 147 cm³/mol. The number of benzene rings is 1. The summed E-state index contributed by atoms with van der Waals surface area (Å²) in [7, 11) is 6.93. The van der Waals surface area contributed by atoms with Gasteiger partial charge >= 0.3 is 5.97 Å². The summed E-state index contributed by atoms with van der Waals surface area (Å²) in [5.41, 5.74) is -2.81. The van der Waals surface area contributed by atoms with Crippen molar-refractivity contribution in [3.63, 3.8) is 0 Å². The highest BCUT2D eigenvalue weighted by atomic mass is 16.6. The van der Waals surface area contributed by atoms with Crippen molar-refractivity contribution in [1.82, 2.24) is 4.90 Å². The van der Waals surface area contributed by atoms with Gasteiger partial charge in [0.2, 0.25) is 0 Å². The number of nitrogens with zero attached hydrogens (tertiary/aromatic N) is 1. The van der Waals surface area contributed by atoms with Crippen molar-refractivity contribution >= 4 is 11.7 Å². The number of fused-ring (bicyclic) bond motifs is 2. The largest absolute Gasteiger partial charge is 0.454 e. The van der Waals surface area contributed by atoms with E-state index in [0.717, 1.165) is 18.7 Å². The Morgan fingerprint density at radius 2 is 1.88 bits per heavy atom. The number of ether oxygens (including phenoxy) is 4. The minimum Gasteiger partial charge on any atom is -0.454 e. The molecule has 9 nitrogen and oxygen atoms in total. The number of piperidine rings is 1. The molecule has 1 spiro atoms. The molecule has 12 atom stereocenters. The maximum absolute atomic E-state index is 13.9. The Bertz CT molecular complexity index is 1200. The SMILES string of the molecule is CCN1C[C@]2(OC(=O)c3ccccc3NC)CC[C@H](OC)[C@]34C1[C@H](C[C@H]23)[C@@]1(O)C[C@H](OC)[C@H]2C[C@@H]4[C@]1(O)[C@H]2OC. The first-order chi connectivity index (χ1) is 19.2. The van der Waals surface area contributed by atoms with Crippen molar-refractivity contribution in [2.45, 2.75) is 80.2 Å². The van der Waals surface area contributed by atoms with Crippen LogP contribution >= 0.6 is 0 Å². The second-order valence-corrected chi connectivity index (χ2v) is 13.3. The highest BCUT2D eigenvalue weighted by Gasteiger charge is 2.89. The average molecular weight is 557 g/mol. The molecule has 7 rings (SSSR count). The Morgan fingerprint density at radius 3 is 2.55 bits per heavy atom. The first kappa shape index (κ1) is 27.1. The zero-order valence-corrected chi connectivity index (χ0v) is 24.3. The molecule has 5 saturated carbocycles. The summed E-state index contributed by atoms with van der Waals surface area (Å²) in [6.07, 6.45) is 2.27. The van der Waals surface area contributed by atoms with Crippen molar-refractivity contribution < 1.29 is 34.0 Å². The van der Waals surface area contributed by atoms with Crippen molar-refractivity contribution in [1.29, 1.82) is 0 Å². The molecule has 0 amide bonds. The highest BCUT2D eigenvalue weighted by molar-refractivity contribution is 5.95. The van der Waals surface area contributed by atoms with Gasteiger partial charge in [-0.25, -0.2) is 4.79 Å². The molecule has 0 radical (unpaired) electrons. The lowest BCUT2D eigenvalue weighted by molar-refractivity contribution is -0.337. The Hall–Kier alpha value is -1.75. The number of aliphatic hydroxyl groups is 2. The number of para-hydroxylation sites is 1. The third kappa shape index (κ3) is 2.87. The van der Waals surface area contributed by atoms with E-state index in [2.05, 4.69) is 17.1 Å². The van der Waals surface area contributed by atoms with Gasteiger partial charge in [0.25, 0.3) is 0 Å². The van der Waals surface area contributed by atoms with Crippen LogP contribution in [0.2, 0.25) is 0 Å². The van der Waals surface area contributed by atoms with Crippen LogP contribution in [0.25, 0.3) is 0 Å². The van der Waals surface area contributed by atoms with Crippen LogP contribution in [-0.2, 0) is 18.9 Å². The highest BCUT2D eigenvalue weighted by Crippen LogP contribution is 2.79. The van der Waals surface area contributed by atoms with Crippen molar-refractivity contribution in [2.24, 2.45) is 29.1 Å². The smallest absolute Gasteiger partial charge is 0.340 e. The van der Waals surface area contributed by atoms with Gasteiger partial charge in [-0.2, -0.15) is 0 Å². The summed E-state index contributed by atoms with van der Waals surface area (Å²) in [6, 6.07) is 7.46. The Kier molecular flexibility index (Phi) is 6.02. The molecule has 1 unspecified atom stereocenters. The van der Waals surface area contributed by atoms with E-state index in [4.69, 9.17) is 18.9 Å². The Morgan fingerprint density at radius 1 is 1.10 bits per heavy atom. The van der Waals surface area contributed by atoms with Crippen LogP contribution in [0.5, 0.6) is 0 Å². The standard InChI is InChI=1S/C31H44N2O7/c1-6-33-16-28(40-27(34)17-9-7-8-10-20(17)32-2)12-11-24(38-4)30-22(28)14-19(25(30)33)29(35)15-21(37-3)18-13-23(30)31(29,36)26(18)39-5/h7-10,18-19,21-26,32,35-36H,6,11-16H2,1-5H3/t18-,19+,21+,22-,23+,24+,25?,26+,28-,29+,30+,31+/m1/s1. The van der Waals surface area contributed by atoms with E-state index in [0.29, 0.717) is 37.8 Å². The number of likely N-dealkylation sites (N-methyl/N-ethyl adjacent to an activating group) is 1. The van der Waals surface area contributed by atoms with Gasteiger partial charge in [0.15, 0.2) is 0 Å². The molecule has 220 valence electrons. The van der Waals surface area contributed by atoms with Crippen LogP contribution in [0, 0.1) is 29.1 Å². The van der Waals surface area contributed by atoms with E-state index in [1.165, 1.54) is 0 Å². The van der Waals surface area contributed by atoms with Crippen LogP contribution in [0.1, 0.15) is 49.4 Å². The molecule has 6 fully saturated rings. The zero-order chi connectivity index (χ0) is 28.2. The first-order valence-electron chi connectivity index (χ1n) is 15.0. The molecule has 1 aromatic carbocycles. The minimum absolute atomic E-state index is 0.00584. The molecule has 1 saturated heterocycles. The lowest BCUT2D eigenvalue weighted by atomic mass is 9.44. The van der Waals surface area contributed by atoms with Crippen LogP contribution in [0.3, 0.4) is 0 Å². The maximum Gasteiger partial charge on any atom is 0.340 e. The summed E-state index contributed by atoms with van der Waals surface area (Å²) < 4.78 is 25.1. The van der Waals surface area contributed by atoms with Gasteiger partial charge in [-0.15, -0.1) is 0 Å². The molecule has 9 heteroatoms. The van der Waals surface area contributed by atoms with E-state index in [1.54, 1.807) is 21.3 Å². The van der Waals surface area contributed by atoms with Crippen molar-refractivity contribution in [3.8, 4) is 0 Å². The topological polar surface area (TPSA) is 110 Å². The molecule has 5 aliphatic carbocycles. The van der Waals surface area contributed by atoms with Crippen LogP contribution in [0.4, 0.5) is 5.69 Å².